The lowest BCUT2D eigenvalue weighted by Crippen LogP contribution is -2.15. The van der Waals surface area contributed by atoms with Crippen molar-refractivity contribution in [3.63, 3.8) is 0 Å². The van der Waals surface area contributed by atoms with E-state index >= 15 is 0 Å². The van der Waals surface area contributed by atoms with Crippen molar-refractivity contribution in [1.82, 2.24) is 5.32 Å². The molecular formula is C22H28N2O3. The fourth-order valence-corrected chi connectivity index (χ4v) is 3.32. The zero-order valence-electron chi connectivity index (χ0n) is 16.1. The Morgan fingerprint density at radius 2 is 1.93 bits per heavy atom. The van der Waals surface area contributed by atoms with Crippen molar-refractivity contribution in [3.8, 4) is 11.5 Å². The topological polar surface area (TPSA) is 59.6 Å². The first-order valence-electron chi connectivity index (χ1n) is 9.65. The summed E-state index contributed by atoms with van der Waals surface area (Å²) in [7, 11) is 1.60. The molecule has 1 fully saturated rings. The van der Waals surface area contributed by atoms with Crippen LogP contribution >= 0.6 is 0 Å². The lowest BCUT2D eigenvalue weighted by molar-refractivity contribution is 0.102. The lowest BCUT2D eigenvalue weighted by Gasteiger charge is -2.16. The zero-order chi connectivity index (χ0) is 19.1. The number of ether oxygens (including phenoxy) is 2. The molecule has 0 unspecified atom stereocenters. The highest BCUT2D eigenvalue weighted by Crippen LogP contribution is 2.32. The van der Waals surface area contributed by atoms with Crippen LogP contribution in [-0.2, 0) is 6.54 Å². The summed E-state index contributed by atoms with van der Waals surface area (Å²) in [4.78, 5) is 12.6. The highest BCUT2D eigenvalue weighted by Gasteiger charge is 2.19. The highest BCUT2D eigenvalue weighted by molar-refractivity contribution is 6.04. The predicted octanol–water partition coefficient (Wildman–Crippen LogP) is 4.38. The van der Waals surface area contributed by atoms with Gasteiger partial charge >= 0.3 is 0 Å². The molecule has 2 aromatic carbocycles. The quantitative estimate of drug-likeness (QED) is 0.726. The monoisotopic (exact) mass is 368 g/mol. The number of hydrogen-bond acceptors (Lipinski definition) is 4. The van der Waals surface area contributed by atoms with Gasteiger partial charge in [0.15, 0.2) is 11.5 Å². The van der Waals surface area contributed by atoms with Gasteiger partial charge in [-0.05, 0) is 68.1 Å². The minimum absolute atomic E-state index is 0.165. The van der Waals surface area contributed by atoms with Crippen LogP contribution in [0.1, 0.15) is 48.5 Å². The maximum Gasteiger partial charge on any atom is 0.255 e. The summed E-state index contributed by atoms with van der Waals surface area (Å²) < 4.78 is 11.5. The van der Waals surface area contributed by atoms with Crippen LogP contribution in [-0.4, -0.2) is 25.7 Å². The normalized spacial score (nSPS) is 14.1. The average molecular weight is 368 g/mol. The Labute approximate surface area is 161 Å². The molecule has 1 saturated carbocycles. The fourth-order valence-electron chi connectivity index (χ4n) is 3.32. The van der Waals surface area contributed by atoms with Crippen LogP contribution in [0.5, 0.6) is 11.5 Å². The van der Waals surface area contributed by atoms with Gasteiger partial charge in [0.1, 0.15) is 0 Å². The van der Waals surface area contributed by atoms with E-state index in [9.17, 15) is 4.79 Å². The standard InChI is InChI=1S/C22H28N2O3/c1-3-23-15-16-7-6-8-18(13-16)24-22(25)17-11-12-20(21(14-17)26-2)27-19-9-4-5-10-19/h6-8,11-14,19,23H,3-5,9-10,15H2,1-2H3,(H,24,25). The average Bonchev–Trinajstić information content (AvgIpc) is 3.20. The summed E-state index contributed by atoms with van der Waals surface area (Å²) in [5.74, 6) is 1.13. The third-order valence-electron chi connectivity index (χ3n) is 4.79. The molecule has 2 aromatic rings. The van der Waals surface area contributed by atoms with Crippen LogP contribution in [0.15, 0.2) is 42.5 Å². The molecule has 5 heteroatoms. The van der Waals surface area contributed by atoms with Crippen LogP contribution in [0.4, 0.5) is 5.69 Å². The number of rotatable bonds is 8. The number of carbonyl (C=O) groups is 1. The van der Waals surface area contributed by atoms with E-state index in [2.05, 4.69) is 17.6 Å². The van der Waals surface area contributed by atoms with Crippen LogP contribution in [0.25, 0.3) is 0 Å². The van der Waals surface area contributed by atoms with Crippen molar-refractivity contribution in [3.05, 3.63) is 53.6 Å². The Bertz CT molecular complexity index is 770. The summed E-state index contributed by atoms with van der Waals surface area (Å²) in [5, 5.41) is 6.24. The van der Waals surface area contributed by atoms with Crippen LogP contribution in [0.2, 0.25) is 0 Å². The first-order valence-corrected chi connectivity index (χ1v) is 9.65. The number of benzene rings is 2. The maximum atomic E-state index is 12.6. The van der Waals surface area contributed by atoms with Gasteiger partial charge in [-0.15, -0.1) is 0 Å². The number of carbonyl (C=O) groups excluding carboxylic acids is 1. The van der Waals surface area contributed by atoms with Crippen LogP contribution in [0.3, 0.4) is 0 Å². The molecule has 0 saturated heterocycles. The fraction of sp³-hybridized carbons (Fsp3) is 0.409. The zero-order valence-corrected chi connectivity index (χ0v) is 16.1. The third-order valence-corrected chi connectivity index (χ3v) is 4.79. The molecule has 2 N–H and O–H groups in total. The minimum Gasteiger partial charge on any atom is -0.493 e. The molecule has 144 valence electrons. The van der Waals surface area contributed by atoms with Gasteiger partial charge in [-0.1, -0.05) is 19.1 Å². The number of nitrogens with one attached hydrogen (secondary N) is 2. The Kier molecular flexibility index (Phi) is 6.71. The highest BCUT2D eigenvalue weighted by atomic mass is 16.5. The van der Waals surface area contributed by atoms with E-state index in [0.29, 0.717) is 17.1 Å². The van der Waals surface area contributed by atoms with E-state index < -0.39 is 0 Å². The van der Waals surface area contributed by atoms with E-state index in [1.807, 2.05) is 30.3 Å². The molecule has 1 aliphatic rings. The molecule has 3 rings (SSSR count). The van der Waals surface area contributed by atoms with Crippen molar-refractivity contribution >= 4 is 11.6 Å². The van der Waals surface area contributed by atoms with Crippen molar-refractivity contribution in [2.45, 2.75) is 45.3 Å². The number of methoxy groups -OCH3 is 1. The number of anilines is 1. The molecule has 1 aliphatic carbocycles. The molecular weight excluding hydrogens is 340 g/mol. The van der Waals surface area contributed by atoms with Crippen molar-refractivity contribution in [2.75, 3.05) is 19.0 Å². The van der Waals surface area contributed by atoms with Crippen molar-refractivity contribution in [2.24, 2.45) is 0 Å². The summed E-state index contributed by atoms with van der Waals surface area (Å²) in [6.45, 7) is 3.76. The predicted molar refractivity (Wildman–Crippen MR) is 108 cm³/mol. The summed E-state index contributed by atoms with van der Waals surface area (Å²) in [6, 6.07) is 13.2. The van der Waals surface area contributed by atoms with Gasteiger partial charge in [-0.25, -0.2) is 0 Å². The van der Waals surface area contributed by atoms with Gasteiger partial charge in [0.2, 0.25) is 0 Å². The Balaban J connectivity index is 1.69. The van der Waals surface area contributed by atoms with Gasteiger partial charge in [-0.2, -0.15) is 0 Å². The van der Waals surface area contributed by atoms with E-state index in [1.165, 1.54) is 12.8 Å². The molecule has 0 aromatic heterocycles. The van der Waals surface area contributed by atoms with Crippen molar-refractivity contribution in [1.29, 1.82) is 0 Å². The summed E-state index contributed by atoms with van der Waals surface area (Å²) >= 11 is 0. The van der Waals surface area contributed by atoms with Gasteiger partial charge in [0, 0.05) is 17.8 Å². The number of hydrogen-bond donors (Lipinski definition) is 2. The van der Waals surface area contributed by atoms with Crippen molar-refractivity contribution < 1.29 is 14.3 Å². The van der Waals surface area contributed by atoms with Gasteiger partial charge in [0.05, 0.1) is 13.2 Å². The van der Waals surface area contributed by atoms with Crippen LogP contribution < -0.4 is 20.1 Å². The second-order valence-electron chi connectivity index (χ2n) is 6.82. The second-order valence-corrected chi connectivity index (χ2v) is 6.82. The molecule has 0 atom stereocenters. The van der Waals surface area contributed by atoms with Crippen LogP contribution in [0, 0.1) is 0 Å². The minimum atomic E-state index is -0.165. The second kappa shape index (κ2) is 9.42. The Hall–Kier alpha value is -2.53. The van der Waals surface area contributed by atoms with E-state index in [1.54, 1.807) is 19.2 Å². The molecule has 0 heterocycles. The molecule has 1 amide bonds. The molecule has 27 heavy (non-hydrogen) atoms. The Morgan fingerprint density at radius 3 is 2.67 bits per heavy atom. The SMILES string of the molecule is CCNCc1cccc(NC(=O)c2ccc(OC3CCCC3)c(OC)c2)c1. The molecule has 0 spiro atoms. The first-order chi connectivity index (χ1) is 13.2. The molecule has 5 nitrogen and oxygen atoms in total. The molecule has 0 aliphatic heterocycles. The largest absolute Gasteiger partial charge is 0.493 e. The van der Waals surface area contributed by atoms with E-state index in [-0.39, 0.29) is 12.0 Å². The molecule has 0 radical (unpaired) electrons. The van der Waals surface area contributed by atoms with Gasteiger partial charge in [-0.3, -0.25) is 4.79 Å². The number of amides is 1. The Morgan fingerprint density at radius 1 is 1.11 bits per heavy atom. The molecule has 0 bridgehead atoms. The smallest absolute Gasteiger partial charge is 0.255 e. The third kappa shape index (κ3) is 5.23. The van der Waals surface area contributed by atoms with E-state index in [0.717, 1.165) is 37.2 Å². The summed E-state index contributed by atoms with van der Waals surface area (Å²) in [6.07, 6.45) is 4.82. The lowest BCUT2D eigenvalue weighted by atomic mass is 10.1. The van der Waals surface area contributed by atoms with E-state index in [4.69, 9.17) is 9.47 Å². The summed E-state index contributed by atoms with van der Waals surface area (Å²) in [5.41, 5.74) is 2.45. The first kappa shape index (κ1) is 19.2. The maximum absolute atomic E-state index is 12.6. The van der Waals surface area contributed by atoms with Gasteiger partial charge in [0.25, 0.3) is 5.91 Å². The van der Waals surface area contributed by atoms with Gasteiger partial charge < -0.3 is 20.1 Å².